The molecule has 1 atom stereocenters. The van der Waals surface area contributed by atoms with Crippen LogP contribution in [0.25, 0.3) is 0 Å². The maximum Gasteiger partial charge on any atom is 0.345 e. The number of carbonyl (C=O) groups excluding carboxylic acids is 3. The number of nitro benzene ring substituents is 1. The van der Waals surface area contributed by atoms with E-state index < -0.39 is 33.7 Å². The fourth-order valence-electron chi connectivity index (χ4n) is 5.18. The molecule has 11 nitrogen and oxygen atoms in total. The molecular formula is C32H32N2O9. The van der Waals surface area contributed by atoms with Gasteiger partial charge >= 0.3 is 5.97 Å². The van der Waals surface area contributed by atoms with Crippen LogP contribution in [0.4, 0.5) is 11.4 Å². The molecule has 5 rings (SSSR count). The summed E-state index contributed by atoms with van der Waals surface area (Å²) in [6, 6.07) is 13.2. The van der Waals surface area contributed by atoms with Crippen molar-refractivity contribution < 1.29 is 38.3 Å². The number of nitrogens with two attached hydrogens (primary N) is 1. The number of nitro groups is 1. The number of fused-ring (bicyclic) bond motifs is 2. The van der Waals surface area contributed by atoms with Crippen molar-refractivity contribution in [3.63, 3.8) is 0 Å². The van der Waals surface area contributed by atoms with Gasteiger partial charge in [-0.05, 0) is 62.8 Å². The molecule has 1 heterocycles. The Hall–Kier alpha value is -4.61. The molecule has 2 aliphatic rings. The Kier molecular flexibility index (Phi) is 9.43. The number of esters is 1. The minimum Gasteiger partial charge on any atom is -0.494 e. The summed E-state index contributed by atoms with van der Waals surface area (Å²) in [5, 5.41) is 11.9. The Morgan fingerprint density at radius 3 is 2.21 bits per heavy atom. The van der Waals surface area contributed by atoms with Crippen molar-refractivity contribution >= 4 is 28.9 Å². The molecule has 11 heteroatoms. The van der Waals surface area contributed by atoms with E-state index in [0.29, 0.717) is 19.0 Å². The first-order chi connectivity index (χ1) is 20.8. The summed E-state index contributed by atoms with van der Waals surface area (Å²) in [6.45, 7) is 2.00. The average Bonchev–Trinajstić information content (AvgIpc) is 3.02. The Morgan fingerprint density at radius 2 is 1.56 bits per heavy atom. The lowest BCUT2D eigenvalue weighted by atomic mass is 9.81. The summed E-state index contributed by atoms with van der Waals surface area (Å²) >= 11 is 0. The van der Waals surface area contributed by atoms with E-state index in [-0.39, 0.29) is 40.0 Å². The van der Waals surface area contributed by atoms with E-state index in [0.717, 1.165) is 57.6 Å². The zero-order valence-electron chi connectivity index (χ0n) is 23.5. The van der Waals surface area contributed by atoms with Crippen LogP contribution in [0.2, 0.25) is 0 Å². The molecule has 3 aromatic rings. The molecule has 0 spiro atoms. The Morgan fingerprint density at radius 1 is 0.907 bits per heavy atom. The molecule has 1 saturated heterocycles. The van der Waals surface area contributed by atoms with Crippen LogP contribution < -0.4 is 15.2 Å². The zero-order chi connectivity index (χ0) is 30.3. The Labute approximate surface area is 248 Å². The van der Waals surface area contributed by atoms with Crippen molar-refractivity contribution in [2.45, 2.75) is 51.2 Å². The highest BCUT2D eigenvalue weighted by Gasteiger charge is 2.39. The summed E-state index contributed by atoms with van der Waals surface area (Å²) in [4.78, 5) is 50.4. The zero-order valence-corrected chi connectivity index (χ0v) is 23.5. The van der Waals surface area contributed by atoms with Gasteiger partial charge in [0.15, 0.2) is 12.1 Å². The van der Waals surface area contributed by atoms with Crippen LogP contribution in [0.1, 0.15) is 87.1 Å². The second-order valence-corrected chi connectivity index (χ2v) is 10.4. The molecule has 1 aliphatic heterocycles. The third-order valence-electron chi connectivity index (χ3n) is 7.42. The average molecular weight is 589 g/mol. The van der Waals surface area contributed by atoms with Crippen LogP contribution >= 0.6 is 0 Å². The number of benzene rings is 3. The largest absolute Gasteiger partial charge is 0.494 e. The number of nitrogen functional groups attached to an aromatic ring is 1. The lowest BCUT2D eigenvalue weighted by Gasteiger charge is -2.22. The van der Waals surface area contributed by atoms with E-state index in [4.69, 9.17) is 24.7 Å². The molecule has 0 amide bonds. The van der Waals surface area contributed by atoms with Crippen molar-refractivity contribution in [1.82, 2.24) is 0 Å². The van der Waals surface area contributed by atoms with E-state index in [9.17, 15) is 24.5 Å². The molecule has 0 saturated carbocycles. The fraction of sp³-hybridized carbons (Fsp3) is 0.344. The van der Waals surface area contributed by atoms with Gasteiger partial charge < -0.3 is 24.7 Å². The number of hydrogen-bond acceptors (Lipinski definition) is 10. The number of unbranched alkanes of at least 4 members (excludes halogenated alkanes) is 3. The van der Waals surface area contributed by atoms with Gasteiger partial charge in [-0.1, -0.05) is 30.7 Å². The number of rotatable bonds is 12. The van der Waals surface area contributed by atoms with Gasteiger partial charge in [-0.15, -0.1) is 0 Å². The first-order valence-corrected chi connectivity index (χ1v) is 14.3. The van der Waals surface area contributed by atoms with Gasteiger partial charge in [0, 0.05) is 30.4 Å². The highest BCUT2D eigenvalue weighted by atomic mass is 16.7. The van der Waals surface area contributed by atoms with Crippen LogP contribution in [-0.2, 0) is 9.47 Å². The van der Waals surface area contributed by atoms with Crippen LogP contribution in [0.15, 0.2) is 54.6 Å². The molecule has 3 aromatic carbocycles. The van der Waals surface area contributed by atoms with Gasteiger partial charge in [-0.25, -0.2) is 4.79 Å². The molecule has 1 aliphatic carbocycles. The standard InChI is InChI=1S/C32H32N2O9/c33-29-24(19-25(34(38)39)27-28(29)31(36)23-10-4-3-9-22(23)30(27)35)32(37)43-21-14-12-20(13-15-21)40-16-6-1-2-7-17-41-26-11-5-8-18-42-26/h3-4,9-10,12-15,19,26H,1-2,5-8,11,16-18,33H2. The van der Waals surface area contributed by atoms with E-state index >= 15 is 0 Å². The van der Waals surface area contributed by atoms with Crippen molar-refractivity contribution in [1.29, 1.82) is 0 Å². The van der Waals surface area contributed by atoms with E-state index in [1.807, 2.05) is 0 Å². The van der Waals surface area contributed by atoms with Crippen molar-refractivity contribution in [3.8, 4) is 11.5 Å². The van der Waals surface area contributed by atoms with Crippen molar-refractivity contribution in [2.75, 3.05) is 25.6 Å². The van der Waals surface area contributed by atoms with Gasteiger partial charge in [-0.3, -0.25) is 19.7 Å². The van der Waals surface area contributed by atoms with Gasteiger partial charge in [0.1, 0.15) is 17.1 Å². The van der Waals surface area contributed by atoms with E-state index in [2.05, 4.69) is 0 Å². The Balaban J connectivity index is 1.16. The highest BCUT2D eigenvalue weighted by Crippen LogP contribution is 2.38. The highest BCUT2D eigenvalue weighted by molar-refractivity contribution is 6.32. The third kappa shape index (κ3) is 6.73. The molecule has 0 radical (unpaired) electrons. The number of hydrogen-bond donors (Lipinski definition) is 1. The molecular weight excluding hydrogens is 556 g/mol. The first-order valence-electron chi connectivity index (χ1n) is 14.3. The van der Waals surface area contributed by atoms with Crippen LogP contribution in [-0.4, -0.2) is 48.6 Å². The molecule has 0 aromatic heterocycles. The number of anilines is 1. The van der Waals surface area contributed by atoms with Crippen LogP contribution in [0.3, 0.4) is 0 Å². The monoisotopic (exact) mass is 588 g/mol. The number of nitrogens with zero attached hydrogens (tertiary/aromatic N) is 1. The summed E-state index contributed by atoms with van der Waals surface area (Å²) < 4.78 is 22.5. The van der Waals surface area contributed by atoms with Crippen molar-refractivity contribution in [3.05, 3.63) is 92.5 Å². The molecule has 1 fully saturated rings. The maximum atomic E-state index is 13.2. The molecule has 1 unspecified atom stereocenters. The van der Waals surface area contributed by atoms with Gasteiger partial charge in [0.25, 0.3) is 5.69 Å². The lowest BCUT2D eigenvalue weighted by molar-refractivity contribution is -0.385. The van der Waals surface area contributed by atoms with Crippen LogP contribution in [0.5, 0.6) is 11.5 Å². The summed E-state index contributed by atoms with van der Waals surface area (Å²) in [5.74, 6) is -1.66. The molecule has 224 valence electrons. The normalized spacial score (nSPS) is 15.9. The van der Waals surface area contributed by atoms with E-state index in [1.165, 1.54) is 24.3 Å². The predicted molar refractivity (Wildman–Crippen MR) is 156 cm³/mol. The second kappa shape index (κ2) is 13.6. The SMILES string of the molecule is Nc1c(C(=O)Oc2ccc(OCCCCCCOC3CCCCO3)cc2)cc([N+](=O)[O-])c2c1C(=O)c1ccccc1C2=O. The quantitative estimate of drug-likeness (QED) is 0.0547. The molecule has 0 bridgehead atoms. The Bertz CT molecular complexity index is 1530. The number of carbonyl (C=O) groups is 3. The summed E-state index contributed by atoms with van der Waals surface area (Å²) in [5.41, 5.74) is 4.02. The van der Waals surface area contributed by atoms with Gasteiger partial charge in [0.05, 0.1) is 28.3 Å². The predicted octanol–water partition coefficient (Wildman–Crippen LogP) is 5.65. The smallest absolute Gasteiger partial charge is 0.345 e. The van der Waals surface area contributed by atoms with Gasteiger partial charge in [0.2, 0.25) is 5.78 Å². The minimum absolute atomic E-state index is 0.0372. The summed E-state index contributed by atoms with van der Waals surface area (Å²) in [6.07, 6.45) is 7.04. The first kappa shape index (κ1) is 29.9. The molecule has 43 heavy (non-hydrogen) atoms. The number of ether oxygens (including phenoxy) is 4. The van der Waals surface area contributed by atoms with Crippen molar-refractivity contribution in [2.24, 2.45) is 0 Å². The topological polar surface area (TPSA) is 157 Å². The van der Waals surface area contributed by atoms with Gasteiger partial charge in [-0.2, -0.15) is 0 Å². The second-order valence-electron chi connectivity index (χ2n) is 10.4. The van der Waals surface area contributed by atoms with Crippen LogP contribution in [0, 0.1) is 10.1 Å². The van der Waals surface area contributed by atoms with E-state index in [1.54, 1.807) is 24.3 Å². The lowest BCUT2D eigenvalue weighted by Crippen LogP contribution is -2.25. The summed E-state index contributed by atoms with van der Waals surface area (Å²) in [7, 11) is 0. The third-order valence-corrected chi connectivity index (χ3v) is 7.42. The molecule has 2 N–H and O–H groups in total. The minimum atomic E-state index is -1.00. The number of ketones is 2. The maximum absolute atomic E-state index is 13.2. The fourth-order valence-corrected chi connectivity index (χ4v) is 5.18.